The van der Waals surface area contributed by atoms with Crippen LogP contribution in [0.15, 0.2) is 12.1 Å². The molecule has 1 aliphatic rings. The lowest BCUT2D eigenvalue weighted by molar-refractivity contribution is -0.130. The highest BCUT2D eigenvalue weighted by Gasteiger charge is 2.27. The molecule has 1 heterocycles. The van der Waals surface area contributed by atoms with Gasteiger partial charge in [-0.25, -0.2) is 5.84 Å². The summed E-state index contributed by atoms with van der Waals surface area (Å²) in [5, 5.41) is 0. The second-order valence-electron chi connectivity index (χ2n) is 3.81. The van der Waals surface area contributed by atoms with E-state index in [1.807, 2.05) is 31.4 Å². The second-order valence-corrected chi connectivity index (χ2v) is 3.81. The van der Waals surface area contributed by atoms with Crippen LogP contribution in [0.25, 0.3) is 0 Å². The number of carbonyl (C=O) groups excluding carboxylic acids is 1. The maximum Gasteiger partial charge on any atom is 0.278 e. The van der Waals surface area contributed by atoms with E-state index >= 15 is 0 Å². The minimum absolute atomic E-state index is 0.179. The van der Waals surface area contributed by atoms with Gasteiger partial charge in [0.05, 0.1) is 0 Å². The van der Waals surface area contributed by atoms with Crippen LogP contribution in [0.1, 0.15) is 11.1 Å². The molecule has 5 nitrogen and oxygen atoms in total. The number of amides is 1. The Kier molecular flexibility index (Phi) is 2.70. The van der Waals surface area contributed by atoms with E-state index in [0.717, 1.165) is 11.1 Å². The Hall–Kier alpha value is -1.75. The minimum atomic E-state index is -0.681. The van der Waals surface area contributed by atoms with Crippen LogP contribution in [-0.4, -0.2) is 18.6 Å². The third-order valence-electron chi connectivity index (χ3n) is 2.65. The van der Waals surface area contributed by atoms with Gasteiger partial charge in [-0.15, -0.1) is 0 Å². The fourth-order valence-corrected chi connectivity index (χ4v) is 1.54. The van der Waals surface area contributed by atoms with Gasteiger partial charge >= 0.3 is 0 Å². The van der Waals surface area contributed by atoms with Crippen molar-refractivity contribution in [3.8, 4) is 11.5 Å². The van der Waals surface area contributed by atoms with Crippen molar-refractivity contribution in [2.24, 2.45) is 5.84 Å². The molecule has 0 fully saturated rings. The summed E-state index contributed by atoms with van der Waals surface area (Å²) in [5.41, 5.74) is 4.27. The summed E-state index contributed by atoms with van der Waals surface area (Å²) in [6.07, 6.45) is -0.681. The van der Waals surface area contributed by atoms with Crippen LogP contribution in [0.4, 0.5) is 0 Å². The molecule has 16 heavy (non-hydrogen) atoms. The molecule has 0 saturated heterocycles. The number of carbonyl (C=O) groups is 1. The van der Waals surface area contributed by atoms with Crippen LogP contribution in [0, 0.1) is 13.8 Å². The number of fused-ring (bicyclic) bond motifs is 1. The predicted molar refractivity (Wildman–Crippen MR) is 58.2 cm³/mol. The van der Waals surface area contributed by atoms with Crippen LogP contribution in [0.2, 0.25) is 0 Å². The van der Waals surface area contributed by atoms with E-state index in [1.54, 1.807) is 0 Å². The van der Waals surface area contributed by atoms with E-state index in [2.05, 4.69) is 0 Å². The standard InChI is InChI=1S/C11H14N2O3/c1-6-3-8-9(4-7(6)2)16-10(5-15-8)11(14)13-12/h3-4,10H,5,12H2,1-2H3,(H,13,14). The van der Waals surface area contributed by atoms with Gasteiger partial charge in [-0.2, -0.15) is 0 Å². The third kappa shape index (κ3) is 1.81. The summed E-state index contributed by atoms with van der Waals surface area (Å²) in [5.74, 6) is 5.91. The van der Waals surface area contributed by atoms with Crippen molar-refractivity contribution in [2.75, 3.05) is 6.61 Å². The summed E-state index contributed by atoms with van der Waals surface area (Å²) < 4.78 is 11.0. The van der Waals surface area contributed by atoms with E-state index < -0.39 is 6.10 Å². The van der Waals surface area contributed by atoms with Crippen LogP contribution in [0.3, 0.4) is 0 Å². The van der Waals surface area contributed by atoms with E-state index in [0.29, 0.717) is 11.5 Å². The molecule has 0 radical (unpaired) electrons. The Morgan fingerprint density at radius 3 is 2.62 bits per heavy atom. The van der Waals surface area contributed by atoms with Crippen LogP contribution < -0.4 is 20.7 Å². The van der Waals surface area contributed by atoms with Crippen molar-refractivity contribution in [3.63, 3.8) is 0 Å². The summed E-state index contributed by atoms with van der Waals surface area (Å²) in [6, 6.07) is 3.77. The maximum atomic E-state index is 11.3. The molecule has 1 unspecified atom stereocenters. The van der Waals surface area contributed by atoms with Crippen molar-refractivity contribution in [3.05, 3.63) is 23.3 Å². The highest BCUT2D eigenvalue weighted by Crippen LogP contribution is 2.34. The minimum Gasteiger partial charge on any atom is -0.485 e. The lowest BCUT2D eigenvalue weighted by atomic mass is 10.1. The Labute approximate surface area is 93.5 Å². The summed E-state index contributed by atoms with van der Waals surface area (Å²) in [7, 11) is 0. The van der Waals surface area contributed by atoms with Crippen LogP contribution in [0.5, 0.6) is 11.5 Å². The first-order chi connectivity index (χ1) is 7.61. The molecule has 86 valence electrons. The molecule has 0 aliphatic carbocycles. The van der Waals surface area contributed by atoms with Gasteiger partial charge in [0.15, 0.2) is 11.5 Å². The molecule has 1 atom stereocenters. The van der Waals surface area contributed by atoms with Gasteiger partial charge in [-0.05, 0) is 37.1 Å². The van der Waals surface area contributed by atoms with Crippen molar-refractivity contribution in [1.29, 1.82) is 0 Å². The molecule has 1 amide bonds. The SMILES string of the molecule is Cc1cc2c(cc1C)OC(C(=O)NN)CO2. The molecule has 3 N–H and O–H groups in total. The predicted octanol–water partition coefficient (Wildman–Crippen LogP) is 0.433. The fraction of sp³-hybridized carbons (Fsp3) is 0.364. The molecule has 5 heteroatoms. The zero-order valence-electron chi connectivity index (χ0n) is 9.24. The number of nitrogens with one attached hydrogen (secondary N) is 1. The Balaban J connectivity index is 2.27. The molecular formula is C11H14N2O3. The monoisotopic (exact) mass is 222 g/mol. The van der Waals surface area contributed by atoms with E-state index in [9.17, 15) is 4.79 Å². The largest absolute Gasteiger partial charge is 0.485 e. The molecule has 0 bridgehead atoms. The van der Waals surface area contributed by atoms with Gasteiger partial charge in [-0.3, -0.25) is 10.2 Å². The van der Waals surface area contributed by atoms with Crippen molar-refractivity contribution in [2.45, 2.75) is 20.0 Å². The van der Waals surface area contributed by atoms with Crippen LogP contribution in [-0.2, 0) is 4.79 Å². The van der Waals surface area contributed by atoms with Gasteiger partial charge in [0.25, 0.3) is 5.91 Å². The normalized spacial score (nSPS) is 18.1. The number of hydrazine groups is 1. The highest BCUT2D eigenvalue weighted by atomic mass is 16.6. The van der Waals surface area contributed by atoms with E-state index in [4.69, 9.17) is 15.3 Å². The lowest BCUT2D eigenvalue weighted by Gasteiger charge is -2.25. The van der Waals surface area contributed by atoms with Crippen molar-refractivity contribution < 1.29 is 14.3 Å². The number of rotatable bonds is 1. The van der Waals surface area contributed by atoms with E-state index in [1.165, 1.54) is 0 Å². The summed E-state index contributed by atoms with van der Waals surface area (Å²) in [4.78, 5) is 11.3. The number of hydrogen-bond acceptors (Lipinski definition) is 4. The molecule has 0 aromatic heterocycles. The Morgan fingerprint density at radius 2 is 2.00 bits per heavy atom. The Morgan fingerprint density at radius 1 is 1.38 bits per heavy atom. The number of ether oxygens (including phenoxy) is 2. The van der Waals surface area contributed by atoms with E-state index in [-0.39, 0.29) is 12.5 Å². The van der Waals surface area contributed by atoms with Crippen molar-refractivity contribution in [1.82, 2.24) is 5.43 Å². The fourth-order valence-electron chi connectivity index (χ4n) is 1.54. The number of hydrogen-bond donors (Lipinski definition) is 2. The average molecular weight is 222 g/mol. The zero-order chi connectivity index (χ0) is 11.7. The first-order valence-electron chi connectivity index (χ1n) is 5.03. The molecule has 1 aromatic carbocycles. The quantitative estimate of drug-likeness (QED) is 0.410. The molecule has 2 rings (SSSR count). The topological polar surface area (TPSA) is 73.6 Å². The number of aryl methyl sites for hydroxylation is 2. The first-order valence-corrected chi connectivity index (χ1v) is 5.03. The van der Waals surface area contributed by atoms with Gasteiger partial charge in [0.1, 0.15) is 6.61 Å². The van der Waals surface area contributed by atoms with Gasteiger partial charge in [0.2, 0.25) is 6.10 Å². The number of nitrogens with two attached hydrogens (primary N) is 1. The lowest BCUT2D eigenvalue weighted by Crippen LogP contribution is -2.46. The second kappa shape index (κ2) is 4.02. The van der Waals surface area contributed by atoms with Gasteiger partial charge in [0, 0.05) is 0 Å². The molecule has 1 aromatic rings. The zero-order valence-corrected chi connectivity index (χ0v) is 9.24. The van der Waals surface area contributed by atoms with Gasteiger partial charge in [-0.1, -0.05) is 0 Å². The smallest absolute Gasteiger partial charge is 0.278 e. The van der Waals surface area contributed by atoms with Crippen molar-refractivity contribution >= 4 is 5.91 Å². The highest BCUT2D eigenvalue weighted by molar-refractivity contribution is 5.81. The third-order valence-corrected chi connectivity index (χ3v) is 2.65. The Bertz CT molecular complexity index is 431. The average Bonchev–Trinajstić information content (AvgIpc) is 2.29. The molecular weight excluding hydrogens is 208 g/mol. The molecule has 0 spiro atoms. The first kappa shape index (κ1) is 10.8. The number of benzene rings is 1. The maximum absolute atomic E-state index is 11.3. The summed E-state index contributed by atoms with van der Waals surface area (Å²) >= 11 is 0. The molecule has 0 saturated carbocycles. The van der Waals surface area contributed by atoms with Crippen LogP contribution >= 0.6 is 0 Å². The van der Waals surface area contributed by atoms with Gasteiger partial charge < -0.3 is 9.47 Å². The summed E-state index contributed by atoms with van der Waals surface area (Å²) in [6.45, 7) is 4.15. The molecule has 1 aliphatic heterocycles.